The highest BCUT2D eigenvalue weighted by Crippen LogP contribution is 2.22. The summed E-state index contributed by atoms with van der Waals surface area (Å²) in [6.07, 6.45) is 0.792. The largest absolute Gasteiger partial charge is 0.496 e. The average Bonchev–Trinajstić information content (AvgIpc) is 2.29. The van der Waals surface area contributed by atoms with Crippen LogP contribution in [0.2, 0.25) is 0 Å². The zero-order valence-electron chi connectivity index (χ0n) is 10.7. The van der Waals surface area contributed by atoms with Crippen LogP contribution >= 0.6 is 0 Å². The molecule has 4 heteroatoms. The molecule has 1 aromatic rings. The van der Waals surface area contributed by atoms with E-state index in [1.54, 1.807) is 7.11 Å². The van der Waals surface area contributed by atoms with Gasteiger partial charge in [0.2, 0.25) is 0 Å². The van der Waals surface area contributed by atoms with Crippen LogP contribution in [0.25, 0.3) is 0 Å². The minimum atomic E-state index is -0.896. The van der Waals surface area contributed by atoms with Gasteiger partial charge < -0.3 is 10.5 Å². The van der Waals surface area contributed by atoms with Crippen LogP contribution in [0.15, 0.2) is 18.2 Å². The molecule has 0 heterocycles. The number of methoxy groups -OCH3 is 1. The maximum atomic E-state index is 12.1. The van der Waals surface area contributed by atoms with Crippen LogP contribution in [0.4, 0.5) is 0 Å². The topological polar surface area (TPSA) is 52.3 Å². The van der Waals surface area contributed by atoms with Crippen molar-refractivity contribution in [2.75, 3.05) is 13.7 Å². The first kappa shape index (κ1) is 14.2. The predicted octanol–water partition coefficient (Wildman–Crippen LogP) is 1.99. The van der Waals surface area contributed by atoms with E-state index < -0.39 is 10.8 Å². The molecule has 96 valence electrons. The minimum Gasteiger partial charge on any atom is -0.496 e. The monoisotopic (exact) mass is 255 g/mol. The van der Waals surface area contributed by atoms with Crippen LogP contribution in [0.1, 0.15) is 24.5 Å². The summed E-state index contributed by atoms with van der Waals surface area (Å²) in [6.45, 7) is 4.58. The molecule has 17 heavy (non-hydrogen) atoms. The van der Waals surface area contributed by atoms with Crippen LogP contribution in [0, 0.1) is 6.92 Å². The second-order valence-electron chi connectivity index (χ2n) is 4.23. The van der Waals surface area contributed by atoms with Gasteiger partial charge in [0.25, 0.3) is 0 Å². The van der Waals surface area contributed by atoms with E-state index >= 15 is 0 Å². The summed E-state index contributed by atoms with van der Waals surface area (Å²) in [6, 6.07) is 5.95. The maximum Gasteiger partial charge on any atom is 0.123 e. The highest BCUT2D eigenvalue weighted by molar-refractivity contribution is 7.84. The second-order valence-corrected chi connectivity index (χ2v) is 6.08. The van der Waals surface area contributed by atoms with Crippen molar-refractivity contribution in [3.8, 4) is 5.75 Å². The quantitative estimate of drug-likeness (QED) is 0.845. The SMILES string of the molecule is COc1ccc(C)cc1CS(=O)C(C)CCN. The standard InChI is InChI=1S/C13H21NO2S/c1-10-4-5-13(16-3)12(8-10)9-17(15)11(2)6-7-14/h4-5,8,11H,6-7,9,14H2,1-3H3. The van der Waals surface area contributed by atoms with Crippen molar-refractivity contribution < 1.29 is 8.95 Å². The lowest BCUT2D eigenvalue weighted by Gasteiger charge is -2.13. The molecule has 0 aromatic heterocycles. The van der Waals surface area contributed by atoms with E-state index in [-0.39, 0.29) is 5.25 Å². The highest BCUT2D eigenvalue weighted by Gasteiger charge is 2.13. The number of hydrogen-bond donors (Lipinski definition) is 1. The Labute approximate surface area is 106 Å². The Morgan fingerprint density at radius 2 is 2.18 bits per heavy atom. The lowest BCUT2D eigenvalue weighted by atomic mass is 10.1. The van der Waals surface area contributed by atoms with Crippen molar-refractivity contribution in [3.05, 3.63) is 29.3 Å². The summed E-state index contributed by atoms with van der Waals surface area (Å²) in [5.41, 5.74) is 7.65. The van der Waals surface area contributed by atoms with Gasteiger partial charge in [0, 0.05) is 21.6 Å². The second kappa shape index (κ2) is 6.77. The Balaban J connectivity index is 2.79. The first-order valence-electron chi connectivity index (χ1n) is 5.79. The molecule has 0 fully saturated rings. The number of hydrogen-bond acceptors (Lipinski definition) is 3. The Bertz CT molecular complexity index is 393. The Morgan fingerprint density at radius 3 is 2.76 bits per heavy atom. The molecule has 0 saturated carbocycles. The van der Waals surface area contributed by atoms with Gasteiger partial charge in [-0.15, -0.1) is 0 Å². The molecule has 0 bridgehead atoms. The lowest BCUT2D eigenvalue weighted by Crippen LogP contribution is -2.17. The van der Waals surface area contributed by atoms with Gasteiger partial charge in [-0.05, 0) is 26.0 Å². The molecule has 2 atom stereocenters. The van der Waals surface area contributed by atoms with E-state index in [4.69, 9.17) is 10.5 Å². The molecule has 0 radical (unpaired) electrons. The zero-order chi connectivity index (χ0) is 12.8. The first-order valence-corrected chi connectivity index (χ1v) is 7.17. The summed E-state index contributed by atoms with van der Waals surface area (Å²) in [7, 11) is 0.743. The number of aryl methyl sites for hydroxylation is 1. The fraction of sp³-hybridized carbons (Fsp3) is 0.538. The van der Waals surface area contributed by atoms with Gasteiger partial charge in [0.05, 0.1) is 12.9 Å². The normalized spacial score (nSPS) is 14.4. The van der Waals surface area contributed by atoms with E-state index in [9.17, 15) is 4.21 Å². The van der Waals surface area contributed by atoms with Crippen molar-refractivity contribution in [1.82, 2.24) is 0 Å². The molecular weight excluding hydrogens is 234 g/mol. The Morgan fingerprint density at radius 1 is 1.47 bits per heavy atom. The molecule has 2 N–H and O–H groups in total. The molecule has 2 unspecified atom stereocenters. The minimum absolute atomic E-state index is 0.130. The fourth-order valence-corrected chi connectivity index (χ4v) is 2.90. The molecule has 1 rings (SSSR count). The summed E-state index contributed by atoms with van der Waals surface area (Å²) in [4.78, 5) is 0. The molecule has 0 aliphatic heterocycles. The summed E-state index contributed by atoms with van der Waals surface area (Å²) < 4.78 is 17.4. The molecular formula is C13H21NO2S. The smallest absolute Gasteiger partial charge is 0.123 e. The third kappa shape index (κ3) is 4.13. The third-order valence-corrected chi connectivity index (χ3v) is 4.48. The summed E-state index contributed by atoms with van der Waals surface area (Å²) in [5, 5.41) is 0.130. The van der Waals surface area contributed by atoms with Crippen molar-refractivity contribution >= 4 is 10.8 Å². The van der Waals surface area contributed by atoms with E-state index in [1.807, 2.05) is 32.0 Å². The van der Waals surface area contributed by atoms with Crippen LogP contribution in [0.5, 0.6) is 5.75 Å². The van der Waals surface area contributed by atoms with Crippen molar-refractivity contribution in [2.45, 2.75) is 31.3 Å². The summed E-state index contributed by atoms with van der Waals surface area (Å²) in [5.74, 6) is 1.34. The zero-order valence-corrected chi connectivity index (χ0v) is 11.5. The van der Waals surface area contributed by atoms with E-state index in [0.717, 1.165) is 23.3 Å². The number of rotatable bonds is 6. The number of benzene rings is 1. The van der Waals surface area contributed by atoms with Gasteiger partial charge in [-0.25, -0.2) is 0 Å². The maximum absolute atomic E-state index is 12.1. The predicted molar refractivity (Wildman–Crippen MR) is 72.7 cm³/mol. The van der Waals surface area contributed by atoms with Gasteiger partial charge in [0.1, 0.15) is 5.75 Å². The van der Waals surface area contributed by atoms with Crippen LogP contribution in [-0.2, 0) is 16.6 Å². The molecule has 0 spiro atoms. The first-order chi connectivity index (χ1) is 8.08. The van der Waals surface area contributed by atoms with Crippen molar-refractivity contribution in [1.29, 1.82) is 0 Å². The van der Waals surface area contributed by atoms with Gasteiger partial charge in [-0.3, -0.25) is 4.21 Å². The van der Waals surface area contributed by atoms with E-state index in [0.29, 0.717) is 12.3 Å². The molecule has 3 nitrogen and oxygen atoms in total. The van der Waals surface area contributed by atoms with Gasteiger partial charge in [0.15, 0.2) is 0 Å². The third-order valence-electron chi connectivity index (χ3n) is 2.76. The highest BCUT2D eigenvalue weighted by atomic mass is 32.2. The van der Waals surface area contributed by atoms with E-state index in [2.05, 4.69) is 0 Å². The van der Waals surface area contributed by atoms with Crippen molar-refractivity contribution in [3.63, 3.8) is 0 Å². The summed E-state index contributed by atoms with van der Waals surface area (Å²) >= 11 is 0. The molecule has 1 aromatic carbocycles. The van der Waals surface area contributed by atoms with E-state index in [1.165, 1.54) is 0 Å². The van der Waals surface area contributed by atoms with Crippen LogP contribution in [-0.4, -0.2) is 23.1 Å². The van der Waals surface area contributed by atoms with Gasteiger partial charge in [-0.1, -0.05) is 24.6 Å². The van der Waals surface area contributed by atoms with Crippen LogP contribution in [0.3, 0.4) is 0 Å². The van der Waals surface area contributed by atoms with Gasteiger partial charge in [-0.2, -0.15) is 0 Å². The lowest BCUT2D eigenvalue weighted by molar-refractivity contribution is 0.411. The Hall–Kier alpha value is -0.870. The molecule has 0 amide bonds. The average molecular weight is 255 g/mol. The number of ether oxygens (including phenoxy) is 1. The van der Waals surface area contributed by atoms with Crippen LogP contribution < -0.4 is 10.5 Å². The van der Waals surface area contributed by atoms with Gasteiger partial charge >= 0.3 is 0 Å². The fourth-order valence-electron chi connectivity index (χ4n) is 1.68. The Kier molecular flexibility index (Phi) is 5.65. The molecule has 0 aliphatic rings. The molecule has 0 saturated heterocycles. The van der Waals surface area contributed by atoms with Crippen molar-refractivity contribution in [2.24, 2.45) is 5.73 Å². The molecule has 0 aliphatic carbocycles. The number of nitrogens with two attached hydrogens (primary N) is 1.